The van der Waals surface area contributed by atoms with Crippen molar-refractivity contribution in [1.82, 2.24) is 0 Å². The standard InChI is InChI=1S/C46H53NO2/c1-8-34(2)31-46(37-22-11-9-12-23-37,38-24-13-10-14-25-38)44(5,6)33-45(7,43(3,4)28-19-29-47)42(48)49-32-41-39-26-17-15-20-35(39)30-36-21-16-18-27-40(36)41/h9-18,20-27,30,34H,8,19,28,31-33H2,1-7H3. The molecule has 0 aromatic heterocycles. The number of ether oxygens (including phenoxy) is 1. The molecule has 0 N–H and O–H groups in total. The van der Waals surface area contributed by atoms with Gasteiger partial charge in [0.2, 0.25) is 0 Å². The average molecular weight is 652 g/mol. The van der Waals surface area contributed by atoms with E-state index in [9.17, 15) is 10.1 Å². The highest BCUT2D eigenvalue weighted by molar-refractivity contribution is 6.02. The molecule has 5 aromatic rings. The minimum atomic E-state index is -0.905. The van der Waals surface area contributed by atoms with E-state index in [1.54, 1.807) is 0 Å². The number of fused-ring (bicyclic) bond motifs is 2. The van der Waals surface area contributed by atoms with Crippen LogP contribution >= 0.6 is 0 Å². The average Bonchev–Trinajstić information content (AvgIpc) is 3.11. The largest absolute Gasteiger partial charge is 0.460 e. The van der Waals surface area contributed by atoms with Gasteiger partial charge in [-0.3, -0.25) is 4.79 Å². The van der Waals surface area contributed by atoms with E-state index in [0.29, 0.717) is 25.2 Å². The Morgan fingerprint density at radius 2 is 1.22 bits per heavy atom. The summed E-state index contributed by atoms with van der Waals surface area (Å²) < 4.78 is 6.53. The Balaban J connectivity index is 1.63. The Morgan fingerprint density at radius 1 is 0.735 bits per heavy atom. The zero-order valence-electron chi connectivity index (χ0n) is 30.6. The first-order valence-electron chi connectivity index (χ1n) is 17.9. The van der Waals surface area contributed by atoms with Crippen LogP contribution in [0, 0.1) is 33.5 Å². The van der Waals surface area contributed by atoms with Gasteiger partial charge in [-0.2, -0.15) is 5.26 Å². The highest BCUT2D eigenvalue weighted by Gasteiger charge is 2.56. The lowest BCUT2D eigenvalue weighted by Gasteiger charge is -2.54. The van der Waals surface area contributed by atoms with E-state index in [1.807, 2.05) is 12.1 Å². The van der Waals surface area contributed by atoms with Gasteiger partial charge in [-0.1, -0.05) is 157 Å². The molecule has 0 amide bonds. The summed E-state index contributed by atoms with van der Waals surface area (Å²) in [6.07, 6.45) is 3.55. The Morgan fingerprint density at radius 3 is 1.71 bits per heavy atom. The molecule has 0 heterocycles. The van der Waals surface area contributed by atoms with Crippen LogP contribution in [0.15, 0.2) is 115 Å². The van der Waals surface area contributed by atoms with Crippen molar-refractivity contribution in [1.29, 1.82) is 5.26 Å². The highest BCUT2D eigenvalue weighted by atomic mass is 16.5. The topological polar surface area (TPSA) is 50.1 Å². The zero-order chi connectivity index (χ0) is 35.3. The molecule has 0 radical (unpaired) electrons. The summed E-state index contributed by atoms with van der Waals surface area (Å²) in [5, 5.41) is 14.2. The third-order valence-corrected chi connectivity index (χ3v) is 11.9. The first kappa shape index (κ1) is 35.9. The quantitative estimate of drug-likeness (QED) is 0.0887. The summed E-state index contributed by atoms with van der Waals surface area (Å²) in [6.45, 7) is 15.9. The number of nitrogens with zero attached hydrogens (tertiary/aromatic N) is 1. The van der Waals surface area contributed by atoms with Gasteiger partial charge >= 0.3 is 5.97 Å². The lowest BCUT2D eigenvalue weighted by molar-refractivity contribution is -0.168. The van der Waals surface area contributed by atoms with Gasteiger partial charge < -0.3 is 4.74 Å². The molecule has 3 heteroatoms. The van der Waals surface area contributed by atoms with Gasteiger partial charge in [0.25, 0.3) is 0 Å². The molecule has 0 saturated heterocycles. The van der Waals surface area contributed by atoms with Crippen molar-refractivity contribution in [2.45, 2.75) is 92.6 Å². The second-order valence-corrected chi connectivity index (χ2v) is 15.7. The van der Waals surface area contributed by atoms with Crippen molar-refractivity contribution >= 4 is 27.5 Å². The Labute approximate surface area is 294 Å². The molecule has 0 spiro atoms. The Bertz CT molecular complexity index is 1820. The molecule has 0 aliphatic carbocycles. The van der Waals surface area contributed by atoms with Crippen molar-refractivity contribution in [2.75, 3.05) is 0 Å². The molecule has 3 nitrogen and oxygen atoms in total. The van der Waals surface area contributed by atoms with Crippen LogP contribution in [-0.2, 0) is 21.6 Å². The van der Waals surface area contributed by atoms with Crippen LogP contribution in [-0.4, -0.2) is 5.97 Å². The van der Waals surface area contributed by atoms with E-state index in [1.165, 1.54) is 11.1 Å². The Kier molecular flexibility index (Phi) is 10.7. The SMILES string of the molecule is CCC(C)CC(c1ccccc1)(c1ccccc1)C(C)(C)CC(C)(C(=O)OCc1c2ccccc2cc2ccccc12)C(C)(C)CCC#N. The first-order valence-corrected chi connectivity index (χ1v) is 17.9. The van der Waals surface area contributed by atoms with Crippen molar-refractivity contribution in [3.8, 4) is 6.07 Å². The highest BCUT2D eigenvalue weighted by Crippen LogP contribution is 2.59. The molecule has 2 unspecified atom stereocenters. The fourth-order valence-electron chi connectivity index (χ4n) is 8.40. The van der Waals surface area contributed by atoms with Crippen LogP contribution in [0.3, 0.4) is 0 Å². The normalized spacial score (nSPS) is 14.2. The monoisotopic (exact) mass is 651 g/mol. The van der Waals surface area contributed by atoms with Gasteiger partial charge in [-0.15, -0.1) is 0 Å². The molecule has 0 aliphatic rings. The van der Waals surface area contributed by atoms with Crippen LogP contribution < -0.4 is 0 Å². The molecule has 5 aromatic carbocycles. The molecule has 5 rings (SSSR count). The third kappa shape index (κ3) is 6.89. The molecule has 2 atom stereocenters. The summed E-state index contributed by atoms with van der Waals surface area (Å²) in [7, 11) is 0. The number of benzene rings is 5. The van der Waals surface area contributed by atoms with E-state index in [2.05, 4.69) is 158 Å². The van der Waals surface area contributed by atoms with Crippen molar-refractivity contribution in [3.05, 3.63) is 132 Å². The molecule has 49 heavy (non-hydrogen) atoms. The number of carbonyl (C=O) groups excluding carboxylic acids is 1. The molecular formula is C46H53NO2. The maximum Gasteiger partial charge on any atom is 0.312 e. The molecule has 0 aliphatic heterocycles. The van der Waals surface area contributed by atoms with E-state index < -0.39 is 16.2 Å². The van der Waals surface area contributed by atoms with Crippen molar-refractivity contribution in [2.24, 2.45) is 22.2 Å². The predicted molar refractivity (Wildman–Crippen MR) is 204 cm³/mol. The zero-order valence-corrected chi connectivity index (χ0v) is 30.6. The molecule has 254 valence electrons. The molecular weight excluding hydrogens is 599 g/mol. The van der Waals surface area contributed by atoms with Gasteiger partial charge in [-0.05, 0) is 81.7 Å². The van der Waals surface area contributed by atoms with Gasteiger partial charge in [0.05, 0.1) is 11.5 Å². The summed E-state index contributed by atoms with van der Waals surface area (Å²) in [6, 6.07) is 43.0. The summed E-state index contributed by atoms with van der Waals surface area (Å²) in [4.78, 5) is 15.0. The van der Waals surface area contributed by atoms with Crippen LogP contribution in [0.2, 0.25) is 0 Å². The fourth-order valence-corrected chi connectivity index (χ4v) is 8.40. The number of nitriles is 1. The summed E-state index contributed by atoms with van der Waals surface area (Å²) in [5.41, 5.74) is 1.34. The minimum absolute atomic E-state index is 0.181. The van der Waals surface area contributed by atoms with Gasteiger partial charge in [0.1, 0.15) is 6.61 Å². The maximum atomic E-state index is 15.0. The van der Waals surface area contributed by atoms with Crippen molar-refractivity contribution < 1.29 is 9.53 Å². The molecule has 0 saturated carbocycles. The van der Waals surface area contributed by atoms with E-state index >= 15 is 0 Å². The summed E-state index contributed by atoms with van der Waals surface area (Å²) >= 11 is 0. The molecule has 0 fully saturated rings. The van der Waals surface area contributed by atoms with Gasteiger partial charge in [-0.25, -0.2) is 0 Å². The predicted octanol–water partition coefficient (Wildman–Crippen LogP) is 12.2. The second kappa shape index (κ2) is 14.6. The van der Waals surface area contributed by atoms with Gasteiger partial charge in [0.15, 0.2) is 0 Å². The smallest absolute Gasteiger partial charge is 0.312 e. The van der Waals surface area contributed by atoms with E-state index in [4.69, 9.17) is 4.74 Å². The van der Waals surface area contributed by atoms with Crippen molar-refractivity contribution in [3.63, 3.8) is 0 Å². The maximum absolute atomic E-state index is 15.0. The van der Waals surface area contributed by atoms with E-state index in [-0.39, 0.29) is 18.0 Å². The van der Waals surface area contributed by atoms with E-state index in [0.717, 1.165) is 39.9 Å². The van der Waals surface area contributed by atoms with Gasteiger partial charge in [0, 0.05) is 17.4 Å². The van der Waals surface area contributed by atoms with Crippen LogP contribution in [0.1, 0.15) is 97.3 Å². The first-order chi connectivity index (χ1) is 23.4. The molecule has 0 bridgehead atoms. The van der Waals surface area contributed by atoms with Crippen LogP contribution in [0.4, 0.5) is 0 Å². The summed E-state index contributed by atoms with van der Waals surface area (Å²) in [5.74, 6) is 0.239. The van der Waals surface area contributed by atoms with Crippen LogP contribution in [0.5, 0.6) is 0 Å². The lowest BCUT2D eigenvalue weighted by atomic mass is 9.48. The fraction of sp³-hybridized carbons (Fsp3) is 0.391. The number of hydrogen-bond acceptors (Lipinski definition) is 3. The third-order valence-electron chi connectivity index (χ3n) is 11.9. The Hall–Kier alpha value is -4.42. The lowest BCUT2D eigenvalue weighted by Crippen LogP contribution is -2.52. The number of carbonyl (C=O) groups is 1. The number of hydrogen-bond donors (Lipinski definition) is 0. The second-order valence-electron chi connectivity index (χ2n) is 15.7. The number of rotatable bonds is 14. The minimum Gasteiger partial charge on any atom is -0.460 e. The van der Waals surface area contributed by atoms with Crippen LogP contribution in [0.25, 0.3) is 21.5 Å². The number of esters is 1.